The number of sulfone groups is 1. The fourth-order valence-corrected chi connectivity index (χ4v) is 5.98. The Bertz CT molecular complexity index is 1250. The second kappa shape index (κ2) is 8.92. The van der Waals surface area contributed by atoms with Gasteiger partial charge >= 0.3 is 5.97 Å². The van der Waals surface area contributed by atoms with Crippen molar-refractivity contribution in [1.29, 1.82) is 0 Å². The van der Waals surface area contributed by atoms with E-state index in [-0.39, 0.29) is 9.79 Å². The number of carboxylic acids is 1. The number of ether oxygens (including phenoxy) is 1. The number of hydrogen-bond donors (Lipinski definition) is 2. The van der Waals surface area contributed by atoms with E-state index in [1.165, 1.54) is 6.07 Å². The second-order valence-corrected chi connectivity index (χ2v) is 10.1. The Hall–Kier alpha value is -2.90. The Morgan fingerprint density at radius 1 is 1.03 bits per heavy atom. The van der Waals surface area contributed by atoms with Crippen LogP contribution >= 0.6 is 0 Å². The van der Waals surface area contributed by atoms with Crippen LogP contribution < -0.4 is 10.1 Å². The summed E-state index contributed by atoms with van der Waals surface area (Å²) in [6.07, 6.45) is 1.45. The van der Waals surface area contributed by atoms with Crippen molar-refractivity contribution in [3.05, 3.63) is 66.2 Å². The maximum atomic E-state index is 13.5. The molecule has 6 nitrogen and oxygen atoms in total. The number of piperidine rings is 1. The molecule has 168 valence electrons. The van der Waals surface area contributed by atoms with Crippen LogP contribution in [0.2, 0.25) is 0 Å². The molecule has 0 saturated carbocycles. The molecule has 0 aliphatic carbocycles. The average Bonchev–Trinajstić information content (AvgIpc) is 2.80. The summed E-state index contributed by atoms with van der Waals surface area (Å²) in [7, 11) is -3.79. The van der Waals surface area contributed by atoms with E-state index in [0.29, 0.717) is 50.1 Å². The van der Waals surface area contributed by atoms with Gasteiger partial charge in [-0.3, -0.25) is 4.79 Å². The van der Waals surface area contributed by atoms with Crippen molar-refractivity contribution in [3.63, 3.8) is 0 Å². The van der Waals surface area contributed by atoms with Crippen LogP contribution in [0.4, 0.5) is 0 Å². The molecule has 3 aromatic rings. The van der Waals surface area contributed by atoms with Gasteiger partial charge in [-0.05, 0) is 74.5 Å². The summed E-state index contributed by atoms with van der Waals surface area (Å²) in [6, 6.07) is 17.2. The highest BCUT2D eigenvalue weighted by atomic mass is 32.2. The molecule has 0 bridgehead atoms. The summed E-state index contributed by atoms with van der Waals surface area (Å²) in [5.74, 6) is -0.295. The SMILES string of the molecule is CCOc1cccc(S(=O)(=O)c2ccc(CC3(C(=O)O)CCNCC3)c3ccccc23)c1. The zero-order valence-corrected chi connectivity index (χ0v) is 18.8. The molecule has 1 aliphatic heterocycles. The lowest BCUT2D eigenvalue weighted by Gasteiger charge is -2.34. The monoisotopic (exact) mass is 453 g/mol. The number of aliphatic carboxylic acids is 1. The van der Waals surface area contributed by atoms with E-state index in [1.54, 1.807) is 42.5 Å². The van der Waals surface area contributed by atoms with Crippen LogP contribution in [0.1, 0.15) is 25.3 Å². The van der Waals surface area contributed by atoms with Gasteiger partial charge in [-0.15, -0.1) is 0 Å². The van der Waals surface area contributed by atoms with E-state index in [1.807, 2.05) is 19.1 Å². The Balaban J connectivity index is 1.81. The summed E-state index contributed by atoms with van der Waals surface area (Å²) >= 11 is 0. The molecule has 1 fully saturated rings. The standard InChI is InChI=1S/C25H27NO5S/c1-2-31-19-6-5-7-20(16-19)32(29,30)23-11-10-18(21-8-3-4-9-22(21)23)17-25(24(27)28)12-14-26-15-13-25/h3-11,16,26H,2,12-15,17H2,1H3,(H,27,28). The lowest BCUT2D eigenvalue weighted by atomic mass is 9.73. The molecule has 0 atom stereocenters. The highest BCUT2D eigenvalue weighted by Gasteiger charge is 2.40. The molecule has 7 heteroatoms. The van der Waals surface area contributed by atoms with Gasteiger partial charge in [0.2, 0.25) is 9.84 Å². The average molecular weight is 454 g/mol. The van der Waals surface area contributed by atoms with E-state index in [2.05, 4.69) is 5.32 Å². The number of carboxylic acid groups (broad SMARTS) is 1. The van der Waals surface area contributed by atoms with Gasteiger partial charge in [-0.25, -0.2) is 8.42 Å². The van der Waals surface area contributed by atoms with Crippen LogP contribution in [0.5, 0.6) is 5.75 Å². The molecule has 3 aromatic carbocycles. The molecular weight excluding hydrogens is 426 g/mol. The van der Waals surface area contributed by atoms with Gasteiger partial charge in [-0.1, -0.05) is 36.4 Å². The van der Waals surface area contributed by atoms with Crippen molar-refractivity contribution < 1.29 is 23.1 Å². The summed E-state index contributed by atoms with van der Waals surface area (Å²) < 4.78 is 32.5. The van der Waals surface area contributed by atoms with E-state index in [0.717, 1.165) is 10.9 Å². The fraction of sp³-hybridized carbons (Fsp3) is 0.320. The molecule has 0 spiro atoms. The number of rotatable bonds is 7. The van der Waals surface area contributed by atoms with Crippen molar-refractivity contribution in [3.8, 4) is 5.75 Å². The van der Waals surface area contributed by atoms with Crippen molar-refractivity contribution in [1.82, 2.24) is 5.32 Å². The zero-order chi connectivity index (χ0) is 22.8. The predicted molar refractivity (Wildman–Crippen MR) is 123 cm³/mol. The third kappa shape index (κ3) is 4.10. The van der Waals surface area contributed by atoms with Crippen LogP contribution in [0.15, 0.2) is 70.5 Å². The van der Waals surface area contributed by atoms with Gasteiger partial charge in [0.15, 0.2) is 0 Å². The van der Waals surface area contributed by atoms with Gasteiger partial charge in [0, 0.05) is 5.39 Å². The normalized spacial score (nSPS) is 16.0. The Labute approximate surface area is 188 Å². The van der Waals surface area contributed by atoms with E-state index < -0.39 is 21.2 Å². The minimum absolute atomic E-state index is 0.168. The van der Waals surface area contributed by atoms with Gasteiger partial charge in [0.1, 0.15) is 5.75 Å². The number of carbonyl (C=O) groups is 1. The maximum Gasteiger partial charge on any atom is 0.310 e. The third-order valence-electron chi connectivity index (χ3n) is 6.23. The second-order valence-electron chi connectivity index (χ2n) is 8.19. The smallest absolute Gasteiger partial charge is 0.310 e. The predicted octanol–water partition coefficient (Wildman–Crippen LogP) is 4.07. The van der Waals surface area contributed by atoms with Crippen LogP contribution in [0.3, 0.4) is 0 Å². The number of nitrogens with one attached hydrogen (secondary N) is 1. The largest absolute Gasteiger partial charge is 0.494 e. The summed E-state index contributed by atoms with van der Waals surface area (Å²) in [4.78, 5) is 12.6. The fourth-order valence-electron chi connectivity index (χ4n) is 4.48. The van der Waals surface area contributed by atoms with Crippen molar-refractivity contribution in [2.24, 2.45) is 5.41 Å². The molecule has 0 unspecified atom stereocenters. The van der Waals surface area contributed by atoms with Crippen LogP contribution in [-0.2, 0) is 21.1 Å². The Kier molecular flexibility index (Phi) is 6.22. The minimum atomic E-state index is -3.79. The van der Waals surface area contributed by atoms with Gasteiger partial charge in [0.05, 0.1) is 21.8 Å². The molecule has 4 rings (SSSR count). The summed E-state index contributed by atoms with van der Waals surface area (Å²) in [6.45, 7) is 3.61. The van der Waals surface area contributed by atoms with Crippen molar-refractivity contribution in [2.45, 2.75) is 36.0 Å². The molecular formula is C25H27NO5S. The lowest BCUT2D eigenvalue weighted by molar-refractivity contribution is -0.150. The topological polar surface area (TPSA) is 92.7 Å². The maximum absolute atomic E-state index is 13.5. The van der Waals surface area contributed by atoms with Crippen molar-refractivity contribution in [2.75, 3.05) is 19.7 Å². The number of benzene rings is 3. The highest BCUT2D eigenvalue weighted by molar-refractivity contribution is 7.91. The quantitative estimate of drug-likeness (QED) is 0.560. The minimum Gasteiger partial charge on any atom is -0.494 e. The molecule has 32 heavy (non-hydrogen) atoms. The first kappa shape index (κ1) is 22.3. The molecule has 2 N–H and O–H groups in total. The Morgan fingerprint density at radius 3 is 2.44 bits per heavy atom. The molecule has 1 saturated heterocycles. The number of hydrogen-bond acceptors (Lipinski definition) is 5. The number of fused-ring (bicyclic) bond motifs is 1. The van der Waals surface area contributed by atoms with Crippen LogP contribution in [-0.4, -0.2) is 39.2 Å². The first-order chi connectivity index (χ1) is 15.4. The lowest BCUT2D eigenvalue weighted by Crippen LogP contribution is -2.43. The molecule has 0 aromatic heterocycles. The molecule has 1 aliphatic rings. The molecule has 0 amide bonds. The van der Waals surface area contributed by atoms with E-state index >= 15 is 0 Å². The van der Waals surface area contributed by atoms with Gasteiger partial charge in [-0.2, -0.15) is 0 Å². The molecule has 1 heterocycles. The van der Waals surface area contributed by atoms with Crippen LogP contribution in [0.25, 0.3) is 10.8 Å². The molecule has 0 radical (unpaired) electrons. The Morgan fingerprint density at radius 2 is 1.75 bits per heavy atom. The first-order valence-electron chi connectivity index (χ1n) is 10.8. The van der Waals surface area contributed by atoms with E-state index in [9.17, 15) is 18.3 Å². The zero-order valence-electron chi connectivity index (χ0n) is 18.0. The van der Waals surface area contributed by atoms with Gasteiger partial charge < -0.3 is 15.2 Å². The van der Waals surface area contributed by atoms with Gasteiger partial charge in [0.25, 0.3) is 0 Å². The van der Waals surface area contributed by atoms with Crippen LogP contribution in [0, 0.1) is 5.41 Å². The van der Waals surface area contributed by atoms with E-state index in [4.69, 9.17) is 4.74 Å². The summed E-state index contributed by atoms with van der Waals surface area (Å²) in [5, 5.41) is 14.6. The highest BCUT2D eigenvalue weighted by Crippen LogP contribution is 2.38. The van der Waals surface area contributed by atoms with Crippen molar-refractivity contribution >= 4 is 26.6 Å². The first-order valence-corrected chi connectivity index (χ1v) is 12.3. The third-order valence-corrected chi connectivity index (χ3v) is 8.04. The summed E-state index contributed by atoms with van der Waals surface area (Å²) in [5.41, 5.74) is 0.00664.